The van der Waals surface area contributed by atoms with Gasteiger partial charge in [0.05, 0.1) is 17.6 Å². The average Bonchev–Trinajstić information content (AvgIpc) is 2.44. The lowest BCUT2D eigenvalue weighted by Crippen LogP contribution is -2.56. The van der Waals surface area contributed by atoms with Crippen molar-refractivity contribution in [3.05, 3.63) is 57.1 Å². The van der Waals surface area contributed by atoms with Crippen molar-refractivity contribution in [2.75, 3.05) is 13.1 Å². The highest BCUT2D eigenvalue weighted by Gasteiger charge is 2.33. The molecule has 0 unspecified atom stereocenters. The molecule has 1 fully saturated rings. The Morgan fingerprint density at radius 1 is 1.19 bits per heavy atom. The van der Waals surface area contributed by atoms with Crippen molar-refractivity contribution in [3.63, 3.8) is 0 Å². The summed E-state index contributed by atoms with van der Waals surface area (Å²) in [7, 11) is 0. The van der Waals surface area contributed by atoms with Crippen LogP contribution in [0.2, 0.25) is 0 Å². The van der Waals surface area contributed by atoms with Crippen molar-refractivity contribution in [1.29, 1.82) is 0 Å². The van der Waals surface area contributed by atoms with E-state index in [0.29, 0.717) is 24.5 Å². The maximum Gasteiger partial charge on any atom is 0.254 e. The second kappa shape index (κ2) is 6.15. The second-order valence-corrected chi connectivity index (χ2v) is 6.52. The smallest absolute Gasteiger partial charge is 0.254 e. The topological polar surface area (TPSA) is 42.4 Å². The minimum absolute atomic E-state index is 0.00408. The van der Waals surface area contributed by atoms with Crippen molar-refractivity contribution >= 4 is 37.8 Å². The third-order valence-corrected chi connectivity index (χ3v) is 4.36. The zero-order chi connectivity index (χ0) is 14.8. The molecule has 1 aromatic carbocycles. The monoisotopic (exact) mass is 410 g/mol. The molecule has 2 heterocycles. The fourth-order valence-electron chi connectivity index (χ4n) is 2.07. The highest BCUT2D eigenvalue weighted by molar-refractivity contribution is 9.10. The van der Waals surface area contributed by atoms with Gasteiger partial charge in [0.25, 0.3) is 5.91 Å². The third kappa shape index (κ3) is 3.27. The number of amides is 1. The summed E-state index contributed by atoms with van der Waals surface area (Å²) in [4.78, 5) is 18.2. The lowest BCUT2D eigenvalue weighted by Gasteiger charge is -2.38. The number of carbonyl (C=O) groups is 1. The van der Waals surface area contributed by atoms with Gasteiger partial charge in [0, 0.05) is 16.2 Å². The molecule has 108 valence electrons. The van der Waals surface area contributed by atoms with Crippen molar-refractivity contribution in [2.45, 2.75) is 6.10 Å². The largest absolute Gasteiger partial charge is 0.470 e. The molecule has 4 nitrogen and oxygen atoms in total. The van der Waals surface area contributed by atoms with E-state index in [1.165, 1.54) is 0 Å². The predicted octanol–water partition coefficient (Wildman–Crippen LogP) is 3.51. The maximum atomic E-state index is 12.2. The van der Waals surface area contributed by atoms with Crippen LogP contribution >= 0.6 is 31.9 Å². The molecule has 0 spiro atoms. The van der Waals surface area contributed by atoms with Gasteiger partial charge < -0.3 is 9.64 Å². The van der Waals surface area contributed by atoms with Crippen LogP contribution < -0.4 is 4.74 Å². The molecule has 1 aromatic heterocycles. The minimum Gasteiger partial charge on any atom is -0.470 e. The molecule has 0 N–H and O–H groups in total. The number of ether oxygens (including phenoxy) is 1. The molecule has 0 atom stereocenters. The molecule has 0 aliphatic carbocycles. The lowest BCUT2D eigenvalue weighted by molar-refractivity contribution is 0.0157. The standard InChI is InChI=1S/C15H12Br2N2O2/c16-11-5-3-10(4-6-11)15(20)19-8-12(9-19)21-14-13(17)2-1-7-18-14/h1-7,12H,8-9H2. The highest BCUT2D eigenvalue weighted by atomic mass is 79.9. The number of hydrogen-bond donors (Lipinski definition) is 0. The molecule has 0 radical (unpaired) electrons. The number of pyridine rings is 1. The Bertz CT molecular complexity index is 655. The third-order valence-electron chi connectivity index (χ3n) is 3.23. The molecule has 3 rings (SSSR count). The summed E-state index contributed by atoms with van der Waals surface area (Å²) in [6, 6.07) is 11.1. The summed E-state index contributed by atoms with van der Waals surface area (Å²) in [6.45, 7) is 1.16. The normalized spacial score (nSPS) is 14.7. The molecular formula is C15H12Br2N2O2. The number of benzene rings is 1. The van der Waals surface area contributed by atoms with Gasteiger partial charge >= 0.3 is 0 Å². The van der Waals surface area contributed by atoms with Crippen LogP contribution in [-0.2, 0) is 0 Å². The number of aromatic nitrogens is 1. The first-order valence-corrected chi connectivity index (χ1v) is 8.04. The quantitative estimate of drug-likeness (QED) is 0.776. The van der Waals surface area contributed by atoms with E-state index in [2.05, 4.69) is 36.8 Å². The summed E-state index contributed by atoms with van der Waals surface area (Å²) in [5.74, 6) is 0.598. The van der Waals surface area contributed by atoms with Crippen molar-refractivity contribution in [2.24, 2.45) is 0 Å². The Morgan fingerprint density at radius 2 is 1.90 bits per heavy atom. The molecule has 1 saturated heterocycles. The van der Waals surface area contributed by atoms with E-state index in [9.17, 15) is 4.79 Å². The second-order valence-electron chi connectivity index (χ2n) is 4.75. The van der Waals surface area contributed by atoms with Crippen LogP contribution in [0.1, 0.15) is 10.4 Å². The molecule has 1 amide bonds. The van der Waals surface area contributed by atoms with Gasteiger partial charge in [-0.3, -0.25) is 4.79 Å². The summed E-state index contributed by atoms with van der Waals surface area (Å²) in [6.07, 6.45) is 1.68. The zero-order valence-corrected chi connectivity index (χ0v) is 14.2. The average molecular weight is 412 g/mol. The van der Waals surface area contributed by atoms with Crippen LogP contribution in [0.25, 0.3) is 0 Å². The van der Waals surface area contributed by atoms with E-state index in [0.717, 1.165) is 8.95 Å². The van der Waals surface area contributed by atoms with Gasteiger partial charge in [-0.1, -0.05) is 15.9 Å². The Labute approximate surface area is 139 Å². The Morgan fingerprint density at radius 3 is 2.57 bits per heavy atom. The first-order chi connectivity index (χ1) is 10.1. The van der Waals surface area contributed by atoms with E-state index in [-0.39, 0.29) is 12.0 Å². The van der Waals surface area contributed by atoms with Crippen molar-refractivity contribution in [1.82, 2.24) is 9.88 Å². The lowest BCUT2D eigenvalue weighted by atomic mass is 10.1. The van der Waals surface area contributed by atoms with Crippen LogP contribution in [0.5, 0.6) is 5.88 Å². The number of rotatable bonds is 3. The minimum atomic E-state index is -0.00408. The summed E-state index contributed by atoms with van der Waals surface area (Å²) in [5, 5.41) is 0. The number of hydrogen-bond acceptors (Lipinski definition) is 3. The van der Waals surface area contributed by atoms with E-state index in [1.54, 1.807) is 11.1 Å². The molecule has 0 saturated carbocycles. The van der Waals surface area contributed by atoms with Crippen LogP contribution in [0.3, 0.4) is 0 Å². The van der Waals surface area contributed by atoms with Crippen molar-refractivity contribution in [3.8, 4) is 5.88 Å². The Hall–Kier alpha value is -1.40. The molecule has 0 bridgehead atoms. The predicted molar refractivity (Wildman–Crippen MR) is 86.4 cm³/mol. The molecule has 1 aliphatic heterocycles. The van der Waals surface area contributed by atoms with Crippen LogP contribution in [0, 0.1) is 0 Å². The van der Waals surface area contributed by atoms with E-state index in [4.69, 9.17) is 4.74 Å². The number of nitrogens with zero attached hydrogens (tertiary/aromatic N) is 2. The van der Waals surface area contributed by atoms with Gasteiger partial charge in [-0.25, -0.2) is 4.98 Å². The highest BCUT2D eigenvalue weighted by Crippen LogP contribution is 2.25. The molecule has 1 aliphatic rings. The van der Waals surface area contributed by atoms with Gasteiger partial charge in [-0.2, -0.15) is 0 Å². The van der Waals surface area contributed by atoms with Gasteiger partial charge in [0.1, 0.15) is 6.10 Å². The van der Waals surface area contributed by atoms with Gasteiger partial charge in [0.15, 0.2) is 0 Å². The summed E-state index contributed by atoms with van der Waals surface area (Å²) < 4.78 is 7.54. The van der Waals surface area contributed by atoms with E-state index < -0.39 is 0 Å². The fraction of sp³-hybridized carbons (Fsp3) is 0.200. The van der Waals surface area contributed by atoms with Gasteiger partial charge in [-0.05, 0) is 52.3 Å². The summed E-state index contributed by atoms with van der Waals surface area (Å²) in [5.41, 5.74) is 0.690. The SMILES string of the molecule is O=C(c1ccc(Br)cc1)N1CC(Oc2ncccc2Br)C1. The van der Waals surface area contributed by atoms with E-state index in [1.807, 2.05) is 36.4 Å². The van der Waals surface area contributed by atoms with Crippen LogP contribution in [0.15, 0.2) is 51.5 Å². The first kappa shape index (κ1) is 14.5. The molecular weight excluding hydrogens is 400 g/mol. The summed E-state index contributed by atoms with van der Waals surface area (Å²) >= 11 is 6.75. The van der Waals surface area contributed by atoms with Gasteiger partial charge in [-0.15, -0.1) is 0 Å². The van der Waals surface area contributed by atoms with E-state index >= 15 is 0 Å². The molecule has 2 aromatic rings. The van der Waals surface area contributed by atoms with Crippen LogP contribution in [-0.4, -0.2) is 35.0 Å². The Kier molecular flexibility index (Phi) is 4.26. The maximum absolute atomic E-state index is 12.2. The Balaban J connectivity index is 1.57. The first-order valence-electron chi connectivity index (χ1n) is 6.45. The zero-order valence-electron chi connectivity index (χ0n) is 11.0. The number of carbonyl (C=O) groups excluding carboxylic acids is 1. The van der Waals surface area contributed by atoms with Gasteiger partial charge in [0.2, 0.25) is 5.88 Å². The van der Waals surface area contributed by atoms with Crippen LogP contribution in [0.4, 0.5) is 0 Å². The molecule has 21 heavy (non-hydrogen) atoms. The van der Waals surface area contributed by atoms with Crippen molar-refractivity contribution < 1.29 is 9.53 Å². The number of halogens is 2. The molecule has 6 heteroatoms. The fourth-order valence-corrected chi connectivity index (χ4v) is 2.68. The number of likely N-dealkylation sites (tertiary alicyclic amines) is 1.